The second kappa shape index (κ2) is 6.41. The molecular formula is C15H20N2O3. The molecule has 0 aromatic heterocycles. The Balaban J connectivity index is 2.05. The molecular weight excluding hydrogens is 256 g/mol. The van der Waals surface area contributed by atoms with E-state index in [-0.39, 0.29) is 11.6 Å². The van der Waals surface area contributed by atoms with Gasteiger partial charge in [-0.3, -0.25) is 0 Å². The third-order valence-electron chi connectivity index (χ3n) is 3.73. The molecule has 1 fully saturated rings. The number of urea groups is 1. The van der Waals surface area contributed by atoms with Crippen LogP contribution in [-0.4, -0.2) is 34.6 Å². The summed E-state index contributed by atoms with van der Waals surface area (Å²) < 4.78 is 0. The molecule has 1 saturated carbocycles. The fourth-order valence-corrected chi connectivity index (χ4v) is 2.71. The quantitative estimate of drug-likeness (QED) is 0.887. The third-order valence-corrected chi connectivity index (χ3v) is 3.73. The lowest BCUT2D eigenvalue weighted by Gasteiger charge is -2.27. The molecule has 0 bridgehead atoms. The minimum absolute atomic E-state index is 0.151. The van der Waals surface area contributed by atoms with E-state index < -0.39 is 5.97 Å². The maximum absolute atomic E-state index is 12.3. The van der Waals surface area contributed by atoms with Gasteiger partial charge in [0.05, 0.1) is 5.56 Å². The summed E-state index contributed by atoms with van der Waals surface area (Å²) in [6.45, 7) is 2.63. The van der Waals surface area contributed by atoms with Crippen LogP contribution in [0.3, 0.4) is 0 Å². The monoisotopic (exact) mass is 276 g/mol. The zero-order valence-electron chi connectivity index (χ0n) is 11.6. The van der Waals surface area contributed by atoms with E-state index in [0.29, 0.717) is 18.3 Å². The predicted molar refractivity (Wildman–Crippen MR) is 77.1 cm³/mol. The Labute approximate surface area is 118 Å². The largest absolute Gasteiger partial charge is 0.478 e. The zero-order chi connectivity index (χ0) is 14.5. The number of carbonyl (C=O) groups excluding carboxylic acids is 1. The molecule has 1 aliphatic carbocycles. The molecule has 2 N–H and O–H groups in total. The van der Waals surface area contributed by atoms with Gasteiger partial charge in [-0.15, -0.1) is 0 Å². The highest BCUT2D eigenvalue weighted by atomic mass is 16.4. The van der Waals surface area contributed by atoms with E-state index in [1.807, 2.05) is 11.8 Å². The maximum atomic E-state index is 12.3. The van der Waals surface area contributed by atoms with Crippen molar-refractivity contribution < 1.29 is 14.7 Å². The van der Waals surface area contributed by atoms with Gasteiger partial charge in [0.1, 0.15) is 0 Å². The molecule has 0 radical (unpaired) electrons. The molecule has 20 heavy (non-hydrogen) atoms. The van der Waals surface area contributed by atoms with Gasteiger partial charge >= 0.3 is 12.0 Å². The number of nitrogens with one attached hydrogen (secondary N) is 1. The van der Waals surface area contributed by atoms with Gasteiger partial charge in [-0.05, 0) is 38.0 Å². The molecule has 1 aromatic carbocycles. The average molecular weight is 276 g/mol. The Bertz CT molecular complexity index is 496. The molecule has 0 atom stereocenters. The van der Waals surface area contributed by atoms with Gasteiger partial charge in [-0.25, -0.2) is 9.59 Å². The number of amides is 2. The van der Waals surface area contributed by atoms with Crippen LogP contribution in [-0.2, 0) is 0 Å². The maximum Gasteiger partial charge on any atom is 0.335 e. The molecule has 0 aliphatic heterocycles. The van der Waals surface area contributed by atoms with Crippen LogP contribution in [0.4, 0.5) is 10.5 Å². The Morgan fingerprint density at radius 3 is 2.65 bits per heavy atom. The molecule has 1 aromatic rings. The molecule has 0 heterocycles. The molecule has 108 valence electrons. The lowest BCUT2D eigenvalue weighted by atomic mass is 10.2. The van der Waals surface area contributed by atoms with Crippen molar-refractivity contribution in [1.82, 2.24) is 4.90 Å². The molecule has 5 heteroatoms. The normalized spacial score (nSPS) is 15.1. The number of anilines is 1. The number of benzene rings is 1. The van der Waals surface area contributed by atoms with E-state index in [9.17, 15) is 9.59 Å². The van der Waals surface area contributed by atoms with Crippen molar-refractivity contribution in [2.24, 2.45) is 0 Å². The van der Waals surface area contributed by atoms with Crippen LogP contribution < -0.4 is 5.32 Å². The third kappa shape index (κ3) is 3.29. The zero-order valence-corrected chi connectivity index (χ0v) is 11.6. The van der Waals surface area contributed by atoms with Crippen molar-refractivity contribution in [3.05, 3.63) is 29.8 Å². The second-order valence-corrected chi connectivity index (χ2v) is 5.04. The van der Waals surface area contributed by atoms with Crippen LogP contribution in [0.5, 0.6) is 0 Å². The summed E-state index contributed by atoms with van der Waals surface area (Å²) in [5, 5.41) is 11.7. The first-order valence-electron chi connectivity index (χ1n) is 7.02. The van der Waals surface area contributed by atoms with E-state index in [1.165, 1.54) is 25.0 Å². The van der Waals surface area contributed by atoms with E-state index in [4.69, 9.17) is 5.11 Å². The van der Waals surface area contributed by atoms with Gasteiger partial charge in [-0.2, -0.15) is 0 Å². The van der Waals surface area contributed by atoms with Crippen LogP contribution in [0.1, 0.15) is 43.0 Å². The molecule has 2 amide bonds. The van der Waals surface area contributed by atoms with Gasteiger partial charge in [0, 0.05) is 18.3 Å². The summed E-state index contributed by atoms with van der Waals surface area (Å²) in [7, 11) is 0. The van der Waals surface area contributed by atoms with Crippen LogP contribution in [0.15, 0.2) is 24.3 Å². The summed E-state index contributed by atoms with van der Waals surface area (Å²) in [4.78, 5) is 25.0. The summed E-state index contributed by atoms with van der Waals surface area (Å²) >= 11 is 0. The number of carbonyl (C=O) groups is 2. The van der Waals surface area contributed by atoms with Crippen molar-refractivity contribution in [3.63, 3.8) is 0 Å². The average Bonchev–Trinajstić information content (AvgIpc) is 2.93. The minimum atomic E-state index is -0.996. The molecule has 2 rings (SSSR count). The highest BCUT2D eigenvalue weighted by molar-refractivity contribution is 5.93. The molecule has 5 nitrogen and oxygen atoms in total. The van der Waals surface area contributed by atoms with Crippen molar-refractivity contribution in [1.29, 1.82) is 0 Å². The van der Waals surface area contributed by atoms with Crippen molar-refractivity contribution >= 4 is 17.7 Å². The standard InChI is InChI=1S/C15H20N2O3/c1-2-17(13-8-3-4-9-13)15(20)16-12-7-5-6-11(10-12)14(18)19/h5-7,10,13H,2-4,8-9H2,1H3,(H,16,20)(H,18,19). The number of nitrogens with zero attached hydrogens (tertiary/aromatic N) is 1. The first kappa shape index (κ1) is 14.4. The minimum Gasteiger partial charge on any atom is -0.478 e. The number of hydrogen-bond acceptors (Lipinski definition) is 2. The van der Waals surface area contributed by atoms with E-state index in [2.05, 4.69) is 5.32 Å². The fourth-order valence-electron chi connectivity index (χ4n) is 2.71. The van der Waals surface area contributed by atoms with Gasteiger partial charge in [0.15, 0.2) is 0 Å². The molecule has 0 unspecified atom stereocenters. The Morgan fingerprint density at radius 1 is 1.35 bits per heavy atom. The van der Waals surface area contributed by atoms with Crippen LogP contribution in [0.25, 0.3) is 0 Å². The topological polar surface area (TPSA) is 69.6 Å². The van der Waals surface area contributed by atoms with Crippen molar-refractivity contribution in [3.8, 4) is 0 Å². The van der Waals surface area contributed by atoms with Crippen molar-refractivity contribution in [2.45, 2.75) is 38.6 Å². The fraction of sp³-hybridized carbons (Fsp3) is 0.467. The SMILES string of the molecule is CCN(C(=O)Nc1cccc(C(=O)O)c1)C1CCCC1. The first-order valence-corrected chi connectivity index (χ1v) is 7.02. The number of aromatic carboxylic acids is 1. The Kier molecular flexibility index (Phi) is 4.61. The van der Waals surface area contributed by atoms with Gasteiger partial charge < -0.3 is 15.3 Å². The second-order valence-electron chi connectivity index (χ2n) is 5.04. The summed E-state index contributed by atoms with van der Waals surface area (Å²) in [5.41, 5.74) is 0.693. The molecule has 0 spiro atoms. The van der Waals surface area contributed by atoms with Gasteiger partial charge in [-0.1, -0.05) is 18.9 Å². The lowest BCUT2D eigenvalue weighted by Crippen LogP contribution is -2.41. The van der Waals surface area contributed by atoms with Gasteiger partial charge in [0.25, 0.3) is 0 Å². The summed E-state index contributed by atoms with van der Waals surface area (Å²) in [5.74, 6) is -0.996. The number of carboxylic acid groups (broad SMARTS) is 1. The van der Waals surface area contributed by atoms with Crippen LogP contribution >= 0.6 is 0 Å². The highest BCUT2D eigenvalue weighted by Gasteiger charge is 2.25. The number of carboxylic acids is 1. The Hall–Kier alpha value is -2.04. The van der Waals surface area contributed by atoms with Crippen LogP contribution in [0, 0.1) is 0 Å². The number of hydrogen-bond donors (Lipinski definition) is 2. The molecule has 0 saturated heterocycles. The Morgan fingerprint density at radius 2 is 2.05 bits per heavy atom. The summed E-state index contributed by atoms with van der Waals surface area (Å²) in [6, 6.07) is 6.47. The highest BCUT2D eigenvalue weighted by Crippen LogP contribution is 2.24. The first-order chi connectivity index (χ1) is 9.61. The van der Waals surface area contributed by atoms with E-state index in [1.54, 1.807) is 12.1 Å². The predicted octanol–water partition coefficient (Wildman–Crippen LogP) is 3.18. The smallest absolute Gasteiger partial charge is 0.335 e. The lowest BCUT2D eigenvalue weighted by molar-refractivity contribution is 0.0697. The van der Waals surface area contributed by atoms with Crippen molar-refractivity contribution in [2.75, 3.05) is 11.9 Å². The number of rotatable bonds is 4. The molecule has 1 aliphatic rings. The van der Waals surface area contributed by atoms with Gasteiger partial charge in [0.2, 0.25) is 0 Å². The van der Waals surface area contributed by atoms with Crippen LogP contribution in [0.2, 0.25) is 0 Å². The summed E-state index contributed by atoms with van der Waals surface area (Å²) in [6.07, 6.45) is 4.44. The van der Waals surface area contributed by atoms with E-state index >= 15 is 0 Å². The van der Waals surface area contributed by atoms with E-state index in [0.717, 1.165) is 12.8 Å².